The Morgan fingerprint density at radius 3 is 2.85 bits per heavy atom. The van der Waals surface area contributed by atoms with Gasteiger partial charge in [-0.05, 0) is 44.1 Å². The maximum absolute atomic E-state index is 12.3. The second kappa shape index (κ2) is 6.88. The van der Waals surface area contributed by atoms with Crippen molar-refractivity contribution in [2.24, 2.45) is 11.8 Å². The second-order valence-corrected chi connectivity index (χ2v) is 5.53. The van der Waals surface area contributed by atoms with E-state index in [1.165, 1.54) is 0 Å². The van der Waals surface area contributed by atoms with Gasteiger partial charge in [0.25, 0.3) is 5.91 Å². The molecule has 1 aliphatic rings. The molecular formula is C15H25N3O2. The molecule has 1 aromatic heterocycles. The number of aliphatic hydroxyl groups is 1. The van der Waals surface area contributed by atoms with E-state index in [1.807, 2.05) is 19.9 Å². The van der Waals surface area contributed by atoms with Crippen molar-refractivity contribution in [3.05, 3.63) is 17.5 Å². The van der Waals surface area contributed by atoms with Gasteiger partial charge in [0.15, 0.2) is 0 Å². The third-order valence-electron chi connectivity index (χ3n) is 4.30. The van der Waals surface area contributed by atoms with Gasteiger partial charge < -0.3 is 10.4 Å². The zero-order valence-electron chi connectivity index (χ0n) is 12.4. The second-order valence-electron chi connectivity index (χ2n) is 5.53. The number of aliphatic hydroxyl groups excluding tert-OH is 1. The summed E-state index contributed by atoms with van der Waals surface area (Å²) in [5.41, 5.74) is 1.59. The van der Waals surface area contributed by atoms with Crippen LogP contribution < -0.4 is 5.32 Å². The number of hydrogen-bond donors (Lipinski definition) is 2. The fraction of sp³-hybridized carbons (Fsp3) is 0.733. The number of nitrogens with one attached hydrogen (secondary N) is 1. The Morgan fingerprint density at radius 2 is 2.20 bits per heavy atom. The summed E-state index contributed by atoms with van der Waals surface area (Å²) in [5, 5.41) is 16.7. The molecule has 0 spiro atoms. The summed E-state index contributed by atoms with van der Waals surface area (Å²) < 4.78 is 1.76. The zero-order chi connectivity index (χ0) is 14.5. The monoisotopic (exact) mass is 279 g/mol. The van der Waals surface area contributed by atoms with Crippen molar-refractivity contribution in [1.82, 2.24) is 15.1 Å². The molecule has 1 aromatic rings. The topological polar surface area (TPSA) is 67.2 Å². The summed E-state index contributed by atoms with van der Waals surface area (Å²) >= 11 is 0. The lowest BCUT2D eigenvalue weighted by Crippen LogP contribution is -2.33. The molecule has 5 heteroatoms. The standard InChI is InChI=1S/C15H25N3O2/c1-3-13-8-14(18(4-2)17-13)15(20)16-9-11-6-5-7-12(11)10-19/h8,11-12,19H,3-7,9-10H2,1-2H3,(H,16,20). The van der Waals surface area contributed by atoms with Crippen LogP contribution in [0, 0.1) is 11.8 Å². The predicted molar refractivity (Wildman–Crippen MR) is 77.5 cm³/mol. The Labute approximate surface area is 120 Å². The summed E-state index contributed by atoms with van der Waals surface area (Å²) in [6.07, 6.45) is 4.16. The van der Waals surface area contributed by atoms with Crippen molar-refractivity contribution in [1.29, 1.82) is 0 Å². The summed E-state index contributed by atoms with van der Waals surface area (Å²) in [6.45, 7) is 5.61. The van der Waals surface area contributed by atoms with Crippen LogP contribution in [-0.4, -0.2) is 33.9 Å². The lowest BCUT2D eigenvalue weighted by Gasteiger charge is -2.17. The van der Waals surface area contributed by atoms with Crippen molar-refractivity contribution < 1.29 is 9.90 Å². The summed E-state index contributed by atoms with van der Waals surface area (Å²) in [4.78, 5) is 12.3. The van der Waals surface area contributed by atoms with Gasteiger partial charge in [0.1, 0.15) is 5.69 Å². The van der Waals surface area contributed by atoms with E-state index in [9.17, 15) is 9.90 Å². The molecule has 2 atom stereocenters. The first kappa shape index (κ1) is 15.0. The summed E-state index contributed by atoms with van der Waals surface area (Å²) in [6, 6.07) is 1.87. The van der Waals surface area contributed by atoms with Gasteiger partial charge in [-0.15, -0.1) is 0 Å². The van der Waals surface area contributed by atoms with E-state index in [1.54, 1.807) is 4.68 Å². The first-order valence-electron chi connectivity index (χ1n) is 7.65. The number of aromatic nitrogens is 2. The average Bonchev–Trinajstić information content (AvgIpc) is 3.10. The maximum atomic E-state index is 12.3. The van der Waals surface area contributed by atoms with Crippen LogP contribution in [-0.2, 0) is 13.0 Å². The van der Waals surface area contributed by atoms with Gasteiger partial charge in [-0.1, -0.05) is 13.3 Å². The highest BCUT2D eigenvalue weighted by Crippen LogP contribution is 2.30. The lowest BCUT2D eigenvalue weighted by atomic mass is 9.97. The zero-order valence-corrected chi connectivity index (χ0v) is 12.4. The molecule has 1 saturated carbocycles. The SMILES string of the molecule is CCc1cc(C(=O)NCC2CCCC2CO)n(CC)n1. The van der Waals surface area contributed by atoms with Gasteiger partial charge in [0.05, 0.1) is 5.69 Å². The van der Waals surface area contributed by atoms with Crippen LogP contribution in [0.4, 0.5) is 0 Å². The van der Waals surface area contributed by atoms with Gasteiger partial charge in [-0.2, -0.15) is 5.10 Å². The van der Waals surface area contributed by atoms with Gasteiger partial charge in [0.2, 0.25) is 0 Å². The fourth-order valence-corrected chi connectivity index (χ4v) is 3.00. The molecule has 0 bridgehead atoms. The number of carbonyl (C=O) groups excluding carboxylic acids is 1. The Bertz CT molecular complexity index is 456. The van der Waals surface area contributed by atoms with Gasteiger partial charge in [-0.3, -0.25) is 9.48 Å². The van der Waals surface area contributed by atoms with E-state index in [0.29, 0.717) is 30.6 Å². The molecule has 0 saturated heterocycles. The molecule has 0 aliphatic heterocycles. The smallest absolute Gasteiger partial charge is 0.269 e. The highest BCUT2D eigenvalue weighted by atomic mass is 16.3. The number of aryl methyl sites for hydroxylation is 2. The number of nitrogens with zero attached hydrogens (tertiary/aromatic N) is 2. The van der Waals surface area contributed by atoms with E-state index in [-0.39, 0.29) is 12.5 Å². The average molecular weight is 279 g/mol. The molecule has 112 valence electrons. The molecule has 5 nitrogen and oxygen atoms in total. The third kappa shape index (κ3) is 3.20. The van der Waals surface area contributed by atoms with Crippen LogP contribution in [0.1, 0.15) is 49.3 Å². The van der Waals surface area contributed by atoms with Crippen LogP contribution in [0.5, 0.6) is 0 Å². The molecule has 2 N–H and O–H groups in total. The first-order chi connectivity index (χ1) is 9.69. The molecule has 0 aromatic carbocycles. The predicted octanol–water partition coefficient (Wildman–Crippen LogP) is 1.60. The molecule has 0 radical (unpaired) electrons. The maximum Gasteiger partial charge on any atom is 0.269 e. The van der Waals surface area contributed by atoms with Crippen LogP contribution in [0.15, 0.2) is 6.07 Å². The first-order valence-corrected chi connectivity index (χ1v) is 7.65. The molecule has 20 heavy (non-hydrogen) atoms. The highest BCUT2D eigenvalue weighted by Gasteiger charge is 2.27. The fourth-order valence-electron chi connectivity index (χ4n) is 3.00. The van der Waals surface area contributed by atoms with Crippen molar-refractivity contribution in [3.8, 4) is 0 Å². The van der Waals surface area contributed by atoms with Gasteiger partial charge in [0, 0.05) is 19.7 Å². The Balaban J connectivity index is 1.96. The van der Waals surface area contributed by atoms with Crippen LogP contribution in [0.3, 0.4) is 0 Å². The minimum absolute atomic E-state index is 0.0531. The Kier molecular flexibility index (Phi) is 5.17. The molecule has 1 fully saturated rings. The number of hydrogen-bond acceptors (Lipinski definition) is 3. The summed E-state index contributed by atoms with van der Waals surface area (Å²) in [5.74, 6) is 0.702. The van der Waals surface area contributed by atoms with Crippen LogP contribution in [0.2, 0.25) is 0 Å². The Hall–Kier alpha value is -1.36. The van der Waals surface area contributed by atoms with E-state index in [4.69, 9.17) is 0 Å². The molecule has 1 heterocycles. The minimum atomic E-state index is -0.0531. The van der Waals surface area contributed by atoms with E-state index in [2.05, 4.69) is 10.4 Å². The van der Waals surface area contributed by atoms with Crippen LogP contribution in [0.25, 0.3) is 0 Å². The third-order valence-corrected chi connectivity index (χ3v) is 4.30. The summed E-state index contributed by atoms with van der Waals surface area (Å²) in [7, 11) is 0. The van der Waals surface area contributed by atoms with Crippen molar-refractivity contribution in [2.45, 2.75) is 46.1 Å². The molecule has 1 amide bonds. The van der Waals surface area contributed by atoms with Crippen molar-refractivity contribution in [2.75, 3.05) is 13.2 Å². The molecule has 2 unspecified atom stereocenters. The largest absolute Gasteiger partial charge is 0.396 e. The van der Waals surface area contributed by atoms with E-state index >= 15 is 0 Å². The van der Waals surface area contributed by atoms with Crippen molar-refractivity contribution in [3.63, 3.8) is 0 Å². The van der Waals surface area contributed by atoms with E-state index in [0.717, 1.165) is 31.4 Å². The minimum Gasteiger partial charge on any atom is -0.396 e. The van der Waals surface area contributed by atoms with Crippen LogP contribution >= 0.6 is 0 Å². The molecule has 2 rings (SSSR count). The normalized spacial score (nSPS) is 22.1. The number of rotatable bonds is 6. The number of carbonyl (C=O) groups is 1. The molecule has 1 aliphatic carbocycles. The van der Waals surface area contributed by atoms with Gasteiger partial charge in [-0.25, -0.2) is 0 Å². The molecular weight excluding hydrogens is 254 g/mol. The lowest BCUT2D eigenvalue weighted by molar-refractivity contribution is 0.0927. The quantitative estimate of drug-likeness (QED) is 0.831. The highest BCUT2D eigenvalue weighted by molar-refractivity contribution is 5.92. The Morgan fingerprint density at radius 1 is 1.45 bits per heavy atom. The van der Waals surface area contributed by atoms with Crippen molar-refractivity contribution >= 4 is 5.91 Å². The van der Waals surface area contributed by atoms with E-state index < -0.39 is 0 Å². The van der Waals surface area contributed by atoms with Gasteiger partial charge >= 0.3 is 0 Å². The number of amides is 1.